The van der Waals surface area contributed by atoms with Crippen molar-refractivity contribution in [2.75, 3.05) is 5.32 Å². The number of hydrogen-bond donors (Lipinski definition) is 1. The lowest BCUT2D eigenvalue weighted by molar-refractivity contribution is -0.116. The van der Waals surface area contributed by atoms with E-state index in [4.69, 9.17) is 12.2 Å². The summed E-state index contributed by atoms with van der Waals surface area (Å²) in [5.74, 6) is 0.631. The third kappa shape index (κ3) is 3.40. The number of aryl methyl sites for hydroxylation is 1. The molecule has 0 aromatic carbocycles. The fourth-order valence-corrected chi connectivity index (χ4v) is 3.05. The predicted octanol–water partition coefficient (Wildman–Crippen LogP) is 2.57. The van der Waals surface area contributed by atoms with Crippen LogP contribution < -0.4 is 5.32 Å². The van der Waals surface area contributed by atoms with Crippen LogP contribution in [0.4, 0.5) is 5.13 Å². The molecule has 120 valence electrons. The van der Waals surface area contributed by atoms with Crippen LogP contribution in [0.25, 0.3) is 0 Å². The fraction of sp³-hybridized carbons (Fsp3) is 0.286. The molecular weight excluding hydrogens is 332 g/mol. The summed E-state index contributed by atoms with van der Waals surface area (Å²) in [6.07, 6.45) is 7.17. The third-order valence-electron chi connectivity index (χ3n) is 3.15. The first-order chi connectivity index (χ1) is 11.2. The summed E-state index contributed by atoms with van der Waals surface area (Å²) >= 11 is 6.86. The molecule has 0 aliphatic heterocycles. The molecule has 0 aliphatic carbocycles. The molecule has 0 fully saturated rings. The highest BCUT2D eigenvalue weighted by atomic mass is 32.1. The molecule has 7 nitrogen and oxygen atoms in total. The van der Waals surface area contributed by atoms with Gasteiger partial charge in [-0.15, -0.1) is 11.3 Å². The minimum atomic E-state index is -0.198. The van der Waals surface area contributed by atoms with Gasteiger partial charge < -0.3 is 5.32 Å². The number of nitrogens with zero attached hydrogens (tertiary/aromatic N) is 5. The van der Waals surface area contributed by atoms with Gasteiger partial charge in [-0.05, 0) is 30.8 Å². The predicted molar refractivity (Wildman–Crippen MR) is 91.0 cm³/mol. The van der Waals surface area contributed by atoms with E-state index in [1.807, 2.05) is 33.9 Å². The zero-order valence-corrected chi connectivity index (χ0v) is 14.2. The first-order valence-corrected chi connectivity index (χ1v) is 8.49. The number of amides is 1. The topological polar surface area (TPSA) is 69.7 Å². The number of nitrogens with one attached hydrogen (secondary N) is 1. The van der Waals surface area contributed by atoms with Gasteiger partial charge in [0.1, 0.15) is 6.54 Å². The molecule has 0 aliphatic rings. The average Bonchev–Trinajstić information content (AvgIpc) is 3.23. The van der Waals surface area contributed by atoms with E-state index in [0.717, 1.165) is 18.7 Å². The van der Waals surface area contributed by atoms with Crippen LogP contribution in [-0.4, -0.2) is 30.0 Å². The van der Waals surface area contributed by atoms with E-state index >= 15 is 0 Å². The molecule has 0 spiro atoms. The normalized spacial score (nSPS) is 10.8. The van der Waals surface area contributed by atoms with Crippen LogP contribution in [0, 0.1) is 4.77 Å². The number of carbonyl (C=O) groups is 1. The van der Waals surface area contributed by atoms with Crippen molar-refractivity contribution in [3.05, 3.63) is 46.7 Å². The summed E-state index contributed by atoms with van der Waals surface area (Å²) in [6.45, 7) is 2.14. The van der Waals surface area contributed by atoms with Crippen LogP contribution in [0.1, 0.15) is 19.2 Å². The molecule has 0 saturated carbocycles. The van der Waals surface area contributed by atoms with Crippen LogP contribution in [0.3, 0.4) is 0 Å². The largest absolute Gasteiger partial charge is 0.300 e. The van der Waals surface area contributed by atoms with Gasteiger partial charge in [0.25, 0.3) is 0 Å². The standard InChI is InChI=1S/C14H16N6OS2/c1-2-5-11-17-19(10-12(21)16-13-15-6-9-23-13)14(22)20(11)18-7-3-4-8-18/h3-4,6-9H,2,5,10H2,1H3,(H,15,16,21). The molecule has 3 rings (SSSR count). The van der Waals surface area contributed by atoms with Crippen molar-refractivity contribution in [1.29, 1.82) is 0 Å². The van der Waals surface area contributed by atoms with E-state index in [0.29, 0.717) is 9.90 Å². The van der Waals surface area contributed by atoms with Gasteiger partial charge in [-0.25, -0.2) is 14.3 Å². The number of rotatable bonds is 6. The number of thiazole rings is 1. The van der Waals surface area contributed by atoms with Crippen LogP contribution in [0.5, 0.6) is 0 Å². The number of aromatic nitrogens is 5. The van der Waals surface area contributed by atoms with Gasteiger partial charge in [0.15, 0.2) is 11.0 Å². The van der Waals surface area contributed by atoms with Crippen LogP contribution in [-0.2, 0) is 17.8 Å². The van der Waals surface area contributed by atoms with Gasteiger partial charge in [-0.1, -0.05) is 6.92 Å². The molecule has 3 heterocycles. The maximum atomic E-state index is 12.1. The zero-order chi connectivity index (χ0) is 16.2. The molecule has 0 unspecified atom stereocenters. The minimum absolute atomic E-state index is 0.0589. The summed E-state index contributed by atoms with van der Waals surface area (Å²) in [4.78, 5) is 16.2. The Morgan fingerprint density at radius 3 is 2.83 bits per heavy atom. The summed E-state index contributed by atoms with van der Waals surface area (Å²) in [6, 6.07) is 3.84. The van der Waals surface area contributed by atoms with E-state index in [9.17, 15) is 4.79 Å². The average molecular weight is 348 g/mol. The van der Waals surface area contributed by atoms with Crippen molar-refractivity contribution in [3.8, 4) is 0 Å². The first-order valence-electron chi connectivity index (χ1n) is 7.20. The highest BCUT2D eigenvalue weighted by Gasteiger charge is 2.14. The minimum Gasteiger partial charge on any atom is -0.300 e. The van der Waals surface area contributed by atoms with Crippen LogP contribution in [0.15, 0.2) is 36.1 Å². The highest BCUT2D eigenvalue weighted by Crippen LogP contribution is 2.11. The second-order valence-corrected chi connectivity index (χ2v) is 6.13. The lowest BCUT2D eigenvalue weighted by atomic mass is 10.3. The molecular formula is C14H16N6OS2. The maximum Gasteiger partial charge on any atom is 0.248 e. The summed E-state index contributed by atoms with van der Waals surface area (Å²) in [7, 11) is 0. The van der Waals surface area contributed by atoms with Crippen molar-refractivity contribution >= 4 is 34.6 Å². The van der Waals surface area contributed by atoms with Gasteiger partial charge in [-0.3, -0.25) is 9.47 Å². The Morgan fingerprint density at radius 2 is 2.17 bits per heavy atom. The quantitative estimate of drug-likeness (QED) is 0.695. The van der Waals surface area contributed by atoms with E-state index < -0.39 is 0 Å². The Balaban J connectivity index is 1.86. The van der Waals surface area contributed by atoms with E-state index in [1.165, 1.54) is 11.3 Å². The van der Waals surface area contributed by atoms with Crippen molar-refractivity contribution in [2.45, 2.75) is 26.3 Å². The molecule has 0 saturated heterocycles. The molecule has 0 radical (unpaired) electrons. The molecule has 3 aromatic rings. The van der Waals surface area contributed by atoms with E-state index in [2.05, 4.69) is 22.3 Å². The number of hydrogen-bond acceptors (Lipinski definition) is 5. The molecule has 3 aromatic heterocycles. The lowest BCUT2D eigenvalue weighted by Gasteiger charge is -2.06. The Bertz CT molecular complexity index is 831. The second-order valence-electron chi connectivity index (χ2n) is 4.87. The monoisotopic (exact) mass is 348 g/mol. The van der Waals surface area contributed by atoms with Gasteiger partial charge in [0.2, 0.25) is 10.7 Å². The van der Waals surface area contributed by atoms with E-state index in [-0.39, 0.29) is 12.5 Å². The highest BCUT2D eigenvalue weighted by molar-refractivity contribution is 7.71. The third-order valence-corrected chi connectivity index (χ3v) is 4.22. The summed E-state index contributed by atoms with van der Waals surface area (Å²) < 4.78 is 5.74. The summed E-state index contributed by atoms with van der Waals surface area (Å²) in [5.41, 5.74) is 0. The Hall–Kier alpha value is -2.26. The molecule has 0 atom stereocenters. The summed E-state index contributed by atoms with van der Waals surface area (Å²) in [5, 5.41) is 9.62. The zero-order valence-electron chi connectivity index (χ0n) is 12.5. The van der Waals surface area contributed by atoms with E-state index in [1.54, 1.807) is 16.3 Å². The van der Waals surface area contributed by atoms with Crippen LogP contribution >= 0.6 is 23.6 Å². The molecule has 23 heavy (non-hydrogen) atoms. The van der Waals surface area contributed by atoms with Gasteiger partial charge in [0, 0.05) is 30.4 Å². The Labute approximate surface area is 142 Å². The molecule has 9 heteroatoms. The lowest BCUT2D eigenvalue weighted by Crippen LogP contribution is -2.20. The Kier molecular flexibility index (Phi) is 4.68. The first kappa shape index (κ1) is 15.6. The SMILES string of the molecule is CCCc1nn(CC(=O)Nc2nccs2)c(=S)n1-n1cccc1. The van der Waals surface area contributed by atoms with Crippen molar-refractivity contribution in [1.82, 2.24) is 24.1 Å². The fourth-order valence-electron chi connectivity index (χ4n) is 2.20. The maximum absolute atomic E-state index is 12.1. The molecule has 0 bridgehead atoms. The van der Waals surface area contributed by atoms with Gasteiger partial charge in [-0.2, -0.15) is 5.10 Å². The molecule has 1 amide bonds. The molecule has 1 N–H and O–H groups in total. The van der Waals surface area contributed by atoms with Crippen molar-refractivity contribution in [3.63, 3.8) is 0 Å². The number of anilines is 1. The Morgan fingerprint density at radius 1 is 1.39 bits per heavy atom. The second kappa shape index (κ2) is 6.88. The van der Waals surface area contributed by atoms with Crippen LogP contribution in [0.2, 0.25) is 0 Å². The van der Waals surface area contributed by atoms with Crippen molar-refractivity contribution in [2.24, 2.45) is 0 Å². The van der Waals surface area contributed by atoms with Gasteiger partial charge >= 0.3 is 0 Å². The van der Waals surface area contributed by atoms with Crippen molar-refractivity contribution < 1.29 is 4.79 Å². The smallest absolute Gasteiger partial charge is 0.248 e. The number of carbonyl (C=O) groups excluding carboxylic acids is 1. The van der Waals surface area contributed by atoms with Gasteiger partial charge in [0.05, 0.1) is 0 Å².